The van der Waals surface area contributed by atoms with Crippen LogP contribution < -0.4 is 0 Å². The number of halogens is 2. The summed E-state index contributed by atoms with van der Waals surface area (Å²) in [6.45, 7) is 0. The smallest absolute Gasteiger partial charge is 0.275 e. The van der Waals surface area contributed by atoms with Crippen molar-refractivity contribution in [3.05, 3.63) is 75.5 Å². The number of hydrogen-bond acceptors (Lipinski definition) is 2. The van der Waals surface area contributed by atoms with Gasteiger partial charge in [-0.2, -0.15) is 0 Å². The van der Waals surface area contributed by atoms with Gasteiger partial charge in [0.1, 0.15) is 11.6 Å². The molecular weight excluding hydrogens is 302 g/mol. The number of para-hydroxylation sites is 1. The molecule has 0 aliphatic carbocycles. The summed E-state index contributed by atoms with van der Waals surface area (Å²) in [5.41, 5.74) is 1.44. The second kappa shape index (κ2) is 6.16. The molecule has 2 aromatic carbocycles. The number of rotatable bonds is 5. The van der Waals surface area contributed by atoms with Crippen molar-refractivity contribution in [3.8, 4) is 0 Å². The Morgan fingerprint density at radius 3 is 2.48 bits per heavy atom. The molecule has 0 spiro atoms. The summed E-state index contributed by atoms with van der Waals surface area (Å²) in [6.07, 6.45) is 3.30. The molecule has 1 heterocycles. The van der Waals surface area contributed by atoms with Crippen molar-refractivity contribution in [3.63, 3.8) is 0 Å². The molecule has 1 N–H and O–H groups in total. The van der Waals surface area contributed by atoms with Gasteiger partial charge in [-0.1, -0.05) is 18.2 Å². The Morgan fingerprint density at radius 2 is 1.78 bits per heavy atom. The molecular formula is C17H14F2N2O2. The average Bonchev–Trinajstić information content (AvgIpc) is 2.93. The predicted octanol–water partition coefficient (Wildman–Crippen LogP) is 4.53. The normalized spacial score (nSPS) is 11.0. The van der Waals surface area contributed by atoms with E-state index >= 15 is 0 Å². The Morgan fingerprint density at radius 1 is 1.09 bits per heavy atom. The number of aryl methyl sites for hydroxylation is 1. The van der Waals surface area contributed by atoms with Crippen LogP contribution in [0.2, 0.25) is 0 Å². The van der Waals surface area contributed by atoms with Crippen LogP contribution in [0.5, 0.6) is 0 Å². The zero-order chi connectivity index (χ0) is 16.4. The summed E-state index contributed by atoms with van der Waals surface area (Å²) in [5.74, 6) is -1.73. The van der Waals surface area contributed by atoms with E-state index in [0.717, 1.165) is 28.6 Å². The van der Waals surface area contributed by atoms with Gasteiger partial charge in [0, 0.05) is 22.7 Å². The number of nitro groups is 1. The molecule has 0 amide bonds. The van der Waals surface area contributed by atoms with Crippen molar-refractivity contribution in [1.82, 2.24) is 4.98 Å². The first-order chi connectivity index (χ1) is 11.1. The van der Waals surface area contributed by atoms with E-state index in [0.29, 0.717) is 12.8 Å². The lowest BCUT2D eigenvalue weighted by atomic mass is 10.0. The Hall–Kier alpha value is -2.76. The molecule has 1 aromatic heterocycles. The first-order valence-electron chi connectivity index (χ1n) is 7.23. The fourth-order valence-electron chi connectivity index (χ4n) is 2.73. The van der Waals surface area contributed by atoms with Gasteiger partial charge < -0.3 is 4.98 Å². The van der Waals surface area contributed by atoms with Gasteiger partial charge in [0.15, 0.2) is 0 Å². The number of aromatic amines is 1. The van der Waals surface area contributed by atoms with Crippen molar-refractivity contribution < 1.29 is 13.7 Å². The zero-order valence-electron chi connectivity index (χ0n) is 12.2. The van der Waals surface area contributed by atoms with Gasteiger partial charge in [-0.25, -0.2) is 8.78 Å². The van der Waals surface area contributed by atoms with E-state index in [1.165, 1.54) is 0 Å². The molecule has 3 rings (SSSR count). The van der Waals surface area contributed by atoms with Gasteiger partial charge in [0.2, 0.25) is 0 Å². The zero-order valence-corrected chi connectivity index (χ0v) is 12.2. The number of fused-ring (bicyclic) bond motifs is 1. The molecule has 0 bridgehead atoms. The van der Waals surface area contributed by atoms with Crippen molar-refractivity contribution in [2.24, 2.45) is 0 Å². The van der Waals surface area contributed by atoms with Crippen LogP contribution in [0.15, 0.2) is 42.6 Å². The molecule has 0 aliphatic heterocycles. The summed E-state index contributed by atoms with van der Waals surface area (Å²) in [6, 6.07) is 9.37. The molecule has 3 aromatic rings. The van der Waals surface area contributed by atoms with Crippen molar-refractivity contribution in [2.45, 2.75) is 19.3 Å². The fourth-order valence-corrected chi connectivity index (χ4v) is 2.73. The maximum atomic E-state index is 13.8. The molecule has 0 fully saturated rings. The van der Waals surface area contributed by atoms with E-state index in [2.05, 4.69) is 4.98 Å². The van der Waals surface area contributed by atoms with Crippen LogP contribution in [0.4, 0.5) is 14.5 Å². The van der Waals surface area contributed by atoms with Crippen LogP contribution in [0, 0.1) is 21.7 Å². The van der Waals surface area contributed by atoms with Crippen molar-refractivity contribution in [1.29, 1.82) is 0 Å². The Balaban J connectivity index is 1.73. The fraction of sp³-hybridized carbons (Fsp3) is 0.176. The van der Waals surface area contributed by atoms with Crippen LogP contribution in [-0.2, 0) is 12.8 Å². The van der Waals surface area contributed by atoms with Gasteiger partial charge in [-0.15, -0.1) is 0 Å². The van der Waals surface area contributed by atoms with Gasteiger partial charge in [0.25, 0.3) is 5.69 Å². The van der Waals surface area contributed by atoms with Crippen LogP contribution in [-0.4, -0.2) is 9.91 Å². The number of benzene rings is 2. The first kappa shape index (κ1) is 15.1. The summed E-state index contributed by atoms with van der Waals surface area (Å²) in [4.78, 5) is 12.9. The molecule has 6 heteroatoms. The summed E-state index contributed by atoms with van der Waals surface area (Å²) >= 11 is 0. The van der Waals surface area contributed by atoms with Gasteiger partial charge >= 0.3 is 0 Å². The average molecular weight is 316 g/mol. The van der Waals surface area contributed by atoms with E-state index in [4.69, 9.17) is 0 Å². The topological polar surface area (TPSA) is 58.9 Å². The minimum absolute atomic E-state index is 0.101. The predicted molar refractivity (Wildman–Crippen MR) is 83.3 cm³/mol. The minimum atomic E-state index is -0.865. The molecule has 0 atom stereocenters. The number of nitrogens with zero attached hydrogens (tertiary/aromatic N) is 1. The van der Waals surface area contributed by atoms with E-state index in [-0.39, 0.29) is 12.0 Å². The third-order valence-electron chi connectivity index (χ3n) is 3.88. The molecule has 0 saturated carbocycles. The second-order valence-electron chi connectivity index (χ2n) is 5.36. The Kier molecular flexibility index (Phi) is 4.06. The third kappa shape index (κ3) is 3.06. The van der Waals surface area contributed by atoms with Crippen LogP contribution in [0.25, 0.3) is 10.9 Å². The molecule has 118 valence electrons. The summed E-state index contributed by atoms with van der Waals surface area (Å²) in [5, 5.41) is 11.7. The highest BCUT2D eigenvalue weighted by Crippen LogP contribution is 2.24. The van der Waals surface area contributed by atoms with Crippen LogP contribution in [0.3, 0.4) is 0 Å². The van der Waals surface area contributed by atoms with E-state index in [1.54, 1.807) is 0 Å². The lowest BCUT2D eigenvalue weighted by Gasteiger charge is -2.05. The number of nitro benzene ring substituents is 1. The first-order valence-corrected chi connectivity index (χ1v) is 7.23. The highest BCUT2D eigenvalue weighted by molar-refractivity contribution is 5.82. The van der Waals surface area contributed by atoms with Crippen molar-refractivity contribution >= 4 is 16.6 Å². The van der Waals surface area contributed by atoms with E-state index in [9.17, 15) is 18.9 Å². The lowest BCUT2D eigenvalue weighted by Crippen LogP contribution is -2.00. The van der Waals surface area contributed by atoms with E-state index in [1.807, 2.05) is 30.5 Å². The van der Waals surface area contributed by atoms with Gasteiger partial charge in [-0.3, -0.25) is 10.1 Å². The largest absolute Gasteiger partial charge is 0.361 e. The molecule has 0 aliphatic rings. The lowest BCUT2D eigenvalue weighted by molar-refractivity contribution is -0.385. The third-order valence-corrected chi connectivity index (χ3v) is 3.88. The quantitative estimate of drug-likeness (QED) is 0.555. The number of non-ortho nitro benzene ring substituents is 1. The molecule has 23 heavy (non-hydrogen) atoms. The number of H-pyrrole nitrogens is 1. The number of hydrogen-bond donors (Lipinski definition) is 1. The summed E-state index contributed by atoms with van der Waals surface area (Å²) < 4.78 is 27.7. The molecule has 0 unspecified atom stereocenters. The highest BCUT2D eigenvalue weighted by atomic mass is 19.1. The van der Waals surface area contributed by atoms with Gasteiger partial charge in [-0.05, 0) is 30.9 Å². The number of aromatic nitrogens is 1. The van der Waals surface area contributed by atoms with Crippen molar-refractivity contribution in [2.75, 3.05) is 0 Å². The SMILES string of the molecule is O=[N+]([O-])c1cc(F)c(CCCc2c[nH]c3ccccc23)c(F)c1. The molecule has 0 saturated heterocycles. The maximum Gasteiger partial charge on any atom is 0.275 e. The molecule has 4 nitrogen and oxygen atoms in total. The molecule has 0 radical (unpaired) electrons. The van der Waals surface area contributed by atoms with Gasteiger partial charge in [0.05, 0.1) is 17.1 Å². The monoisotopic (exact) mass is 316 g/mol. The summed E-state index contributed by atoms with van der Waals surface area (Å²) in [7, 11) is 0. The Bertz CT molecular complexity index is 851. The van der Waals surface area contributed by atoms with E-state index < -0.39 is 22.2 Å². The van der Waals surface area contributed by atoms with Crippen LogP contribution in [0.1, 0.15) is 17.5 Å². The standard InChI is InChI=1S/C17H14F2N2O2/c18-15-8-12(21(22)23)9-16(19)14(15)6-3-4-11-10-20-17-7-2-1-5-13(11)17/h1-2,5,7-10,20H,3-4,6H2. The Labute approximate surface area is 130 Å². The maximum absolute atomic E-state index is 13.8. The van der Waals surface area contributed by atoms with Crippen LogP contribution >= 0.6 is 0 Å². The minimum Gasteiger partial charge on any atom is -0.361 e. The number of nitrogens with one attached hydrogen (secondary N) is 1. The second-order valence-corrected chi connectivity index (χ2v) is 5.36. The highest BCUT2D eigenvalue weighted by Gasteiger charge is 2.16.